The summed E-state index contributed by atoms with van der Waals surface area (Å²) in [6.07, 6.45) is 1.41. The average molecular weight is 381 g/mol. The van der Waals surface area contributed by atoms with Gasteiger partial charge in [-0.05, 0) is 55.3 Å². The molecule has 0 aliphatic carbocycles. The molecule has 1 aliphatic rings. The highest BCUT2D eigenvalue weighted by Crippen LogP contribution is 2.25. The maximum atomic E-state index is 12.3. The summed E-state index contributed by atoms with van der Waals surface area (Å²) >= 11 is 0. The van der Waals surface area contributed by atoms with Crippen molar-refractivity contribution in [1.29, 1.82) is 0 Å². The van der Waals surface area contributed by atoms with Gasteiger partial charge in [0.2, 0.25) is 11.8 Å². The Morgan fingerprint density at radius 1 is 1.14 bits per heavy atom. The molecule has 3 rings (SSSR count). The first-order valence-electron chi connectivity index (χ1n) is 9.11. The Morgan fingerprint density at radius 3 is 2.54 bits per heavy atom. The van der Waals surface area contributed by atoms with Crippen molar-refractivity contribution in [3.63, 3.8) is 0 Å². The van der Waals surface area contributed by atoms with Crippen LogP contribution in [0.15, 0.2) is 42.5 Å². The largest absolute Gasteiger partial charge is 0.495 e. The van der Waals surface area contributed by atoms with Crippen LogP contribution in [-0.2, 0) is 9.59 Å². The van der Waals surface area contributed by atoms with Crippen LogP contribution in [0.4, 0.5) is 11.4 Å². The maximum absolute atomic E-state index is 12.3. The van der Waals surface area contributed by atoms with Gasteiger partial charge in [0.15, 0.2) is 0 Å². The molecule has 7 nitrogen and oxygen atoms in total. The minimum atomic E-state index is -0.356. The number of hydrogen-bond acceptors (Lipinski definition) is 4. The maximum Gasteiger partial charge on any atom is 0.251 e. The van der Waals surface area contributed by atoms with E-state index in [1.54, 1.807) is 41.3 Å². The normalized spacial score (nSPS) is 13.4. The van der Waals surface area contributed by atoms with E-state index in [1.807, 2.05) is 13.0 Å². The van der Waals surface area contributed by atoms with Crippen molar-refractivity contribution >= 4 is 29.1 Å². The number of hydrogen-bond donors (Lipinski definition) is 2. The number of rotatable bonds is 6. The van der Waals surface area contributed by atoms with Crippen molar-refractivity contribution < 1.29 is 19.1 Å². The first-order chi connectivity index (χ1) is 13.5. The number of anilines is 2. The molecule has 0 saturated carbocycles. The summed E-state index contributed by atoms with van der Waals surface area (Å²) < 4.78 is 5.23. The molecule has 2 aromatic rings. The summed E-state index contributed by atoms with van der Waals surface area (Å²) in [5, 5.41) is 5.33. The number of benzene rings is 2. The molecule has 0 bridgehead atoms. The molecule has 2 aromatic carbocycles. The van der Waals surface area contributed by atoms with E-state index in [-0.39, 0.29) is 24.3 Å². The minimum Gasteiger partial charge on any atom is -0.495 e. The highest BCUT2D eigenvalue weighted by Gasteiger charge is 2.21. The van der Waals surface area contributed by atoms with E-state index < -0.39 is 0 Å². The smallest absolute Gasteiger partial charge is 0.251 e. The molecule has 7 heteroatoms. The van der Waals surface area contributed by atoms with Crippen LogP contribution < -0.4 is 20.3 Å². The molecular weight excluding hydrogens is 358 g/mol. The van der Waals surface area contributed by atoms with Crippen LogP contribution >= 0.6 is 0 Å². The van der Waals surface area contributed by atoms with Crippen LogP contribution in [0, 0.1) is 6.92 Å². The Hall–Kier alpha value is -3.35. The quantitative estimate of drug-likeness (QED) is 0.805. The Bertz CT molecular complexity index is 893. The van der Waals surface area contributed by atoms with Gasteiger partial charge < -0.3 is 20.3 Å². The fraction of sp³-hybridized carbons (Fsp3) is 0.286. The molecule has 0 unspecified atom stereocenters. The van der Waals surface area contributed by atoms with Gasteiger partial charge in [-0.2, -0.15) is 0 Å². The molecule has 146 valence electrons. The lowest BCUT2D eigenvalue weighted by atomic mass is 10.2. The van der Waals surface area contributed by atoms with Gasteiger partial charge in [-0.15, -0.1) is 0 Å². The van der Waals surface area contributed by atoms with Gasteiger partial charge in [-0.3, -0.25) is 14.4 Å². The lowest BCUT2D eigenvalue weighted by Gasteiger charge is -2.16. The van der Waals surface area contributed by atoms with Gasteiger partial charge in [0.1, 0.15) is 5.75 Å². The van der Waals surface area contributed by atoms with Crippen molar-refractivity contribution in [2.45, 2.75) is 19.8 Å². The second-order valence-electron chi connectivity index (χ2n) is 6.63. The third kappa shape index (κ3) is 4.49. The molecule has 3 amide bonds. The average Bonchev–Trinajstić information content (AvgIpc) is 3.12. The number of ether oxygens (including phenoxy) is 1. The van der Waals surface area contributed by atoms with Crippen molar-refractivity contribution in [2.24, 2.45) is 0 Å². The van der Waals surface area contributed by atoms with E-state index in [1.165, 1.54) is 7.11 Å². The Morgan fingerprint density at radius 2 is 1.89 bits per heavy atom. The van der Waals surface area contributed by atoms with Gasteiger partial charge in [0, 0.05) is 24.2 Å². The lowest BCUT2D eigenvalue weighted by molar-refractivity contribution is -0.117. The predicted octanol–water partition coefficient (Wildman–Crippen LogP) is 2.50. The summed E-state index contributed by atoms with van der Waals surface area (Å²) in [7, 11) is 1.53. The van der Waals surface area contributed by atoms with Crippen molar-refractivity contribution in [2.75, 3.05) is 30.4 Å². The Labute approximate surface area is 163 Å². The molecule has 0 atom stereocenters. The van der Waals surface area contributed by atoms with E-state index >= 15 is 0 Å². The van der Waals surface area contributed by atoms with Crippen molar-refractivity contribution in [3.8, 4) is 5.75 Å². The minimum absolute atomic E-state index is 0.0976. The first kappa shape index (κ1) is 19.4. The zero-order valence-corrected chi connectivity index (χ0v) is 16.0. The first-order valence-corrected chi connectivity index (χ1v) is 9.11. The molecule has 1 aliphatic heterocycles. The van der Waals surface area contributed by atoms with Crippen LogP contribution in [-0.4, -0.2) is 37.9 Å². The molecule has 2 N–H and O–H groups in total. The number of nitrogens with zero attached hydrogens (tertiary/aromatic N) is 1. The van der Waals surface area contributed by atoms with Gasteiger partial charge >= 0.3 is 0 Å². The number of carbonyl (C=O) groups excluding carboxylic acids is 3. The third-order valence-corrected chi connectivity index (χ3v) is 4.55. The molecule has 0 aromatic heterocycles. The predicted molar refractivity (Wildman–Crippen MR) is 107 cm³/mol. The van der Waals surface area contributed by atoms with E-state index in [9.17, 15) is 14.4 Å². The third-order valence-electron chi connectivity index (χ3n) is 4.55. The van der Waals surface area contributed by atoms with E-state index in [2.05, 4.69) is 10.6 Å². The SMILES string of the molecule is COc1ccc(C)cc1NC(=O)CNC(=O)c1ccc(N2CCCC2=O)cc1. The standard InChI is InChI=1S/C21H23N3O4/c1-14-5-10-18(28-2)17(12-14)23-19(25)13-22-21(27)15-6-8-16(9-7-15)24-11-3-4-20(24)26/h5-10,12H,3-4,11,13H2,1-2H3,(H,22,27)(H,23,25). The highest BCUT2D eigenvalue weighted by atomic mass is 16.5. The number of nitrogens with one attached hydrogen (secondary N) is 2. The molecule has 1 saturated heterocycles. The lowest BCUT2D eigenvalue weighted by Crippen LogP contribution is -2.33. The second-order valence-corrected chi connectivity index (χ2v) is 6.63. The van der Waals surface area contributed by atoms with Gasteiger partial charge in [-0.1, -0.05) is 6.07 Å². The molecule has 1 heterocycles. The summed E-state index contributed by atoms with van der Waals surface area (Å²) in [6, 6.07) is 12.3. The van der Waals surface area contributed by atoms with Crippen LogP contribution in [0.1, 0.15) is 28.8 Å². The van der Waals surface area contributed by atoms with Crippen LogP contribution in [0.3, 0.4) is 0 Å². The highest BCUT2D eigenvalue weighted by molar-refractivity contribution is 6.00. The monoisotopic (exact) mass is 381 g/mol. The summed E-state index contributed by atoms with van der Waals surface area (Å²) in [4.78, 5) is 37.9. The van der Waals surface area contributed by atoms with Gasteiger partial charge in [0.05, 0.1) is 19.3 Å². The summed E-state index contributed by atoms with van der Waals surface area (Å²) in [5.41, 5.74) is 2.75. The fourth-order valence-electron chi connectivity index (χ4n) is 3.09. The van der Waals surface area contributed by atoms with Gasteiger partial charge in [-0.25, -0.2) is 0 Å². The van der Waals surface area contributed by atoms with Crippen molar-refractivity contribution in [1.82, 2.24) is 5.32 Å². The zero-order valence-electron chi connectivity index (χ0n) is 16.0. The van der Waals surface area contributed by atoms with Crippen LogP contribution in [0.5, 0.6) is 5.75 Å². The summed E-state index contributed by atoms with van der Waals surface area (Å²) in [5.74, 6) is -0.0556. The topological polar surface area (TPSA) is 87.7 Å². The molecular formula is C21H23N3O4. The number of amides is 3. The van der Waals surface area contributed by atoms with Crippen molar-refractivity contribution in [3.05, 3.63) is 53.6 Å². The molecule has 0 spiro atoms. The summed E-state index contributed by atoms with van der Waals surface area (Å²) in [6.45, 7) is 2.45. The Kier molecular flexibility index (Phi) is 5.93. The number of carbonyl (C=O) groups is 3. The van der Waals surface area contributed by atoms with E-state index in [0.29, 0.717) is 30.0 Å². The molecule has 1 fully saturated rings. The Balaban J connectivity index is 1.56. The zero-order chi connectivity index (χ0) is 20.1. The van der Waals surface area contributed by atoms with Crippen LogP contribution in [0.25, 0.3) is 0 Å². The van der Waals surface area contributed by atoms with Crippen LogP contribution in [0.2, 0.25) is 0 Å². The fourth-order valence-corrected chi connectivity index (χ4v) is 3.09. The van der Waals surface area contributed by atoms with E-state index in [0.717, 1.165) is 17.7 Å². The molecule has 0 radical (unpaired) electrons. The molecule has 28 heavy (non-hydrogen) atoms. The van der Waals surface area contributed by atoms with Gasteiger partial charge in [0.25, 0.3) is 5.91 Å². The number of aryl methyl sites for hydroxylation is 1. The number of methoxy groups -OCH3 is 1. The van der Waals surface area contributed by atoms with E-state index in [4.69, 9.17) is 4.74 Å². The second kappa shape index (κ2) is 8.56.